The van der Waals surface area contributed by atoms with E-state index in [-0.39, 0.29) is 5.82 Å². The molecule has 0 bridgehead atoms. The molecule has 0 amide bonds. The Morgan fingerprint density at radius 2 is 2.05 bits per heavy atom. The van der Waals surface area contributed by atoms with Gasteiger partial charge in [0.25, 0.3) is 0 Å². The molecule has 0 radical (unpaired) electrons. The summed E-state index contributed by atoms with van der Waals surface area (Å²) in [5, 5.41) is 4.39. The second-order valence-corrected chi connectivity index (χ2v) is 4.84. The van der Waals surface area contributed by atoms with Crippen molar-refractivity contribution in [2.75, 3.05) is 0 Å². The number of furan rings is 1. The van der Waals surface area contributed by atoms with Crippen molar-refractivity contribution in [2.45, 2.75) is 13.8 Å². The van der Waals surface area contributed by atoms with Crippen molar-refractivity contribution in [3.8, 4) is 17.1 Å². The molecular formula is C16H13FN2O2. The van der Waals surface area contributed by atoms with Gasteiger partial charge >= 0.3 is 0 Å². The molecule has 3 aromatic rings. The van der Waals surface area contributed by atoms with Crippen LogP contribution in [0.5, 0.6) is 0 Å². The first-order valence-corrected chi connectivity index (χ1v) is 6.46. The first-order chi connectivity index (χ1) is 10.1. The fraction of sp³-hybridized carbons (Fsp3) is 0.125. The Morgan fingerprint density at radius 3 is 2.67 bits per heavy atom. The van der Waals surface area contributed by atoms with Crippen molar-refractivity contribution >= 4 is 6.29 Å². The van der Waals surface area contributed by atoms with Gasteiger partial charge in [0, 0.05) is 6.20 Å². The summed E-state index contributed by atoms with van der Waals surface area (Å²) < 4.78 is 20.3. The molecule has 0 atom stereocenters. The van der Waals surface area contributed by atoms with Gasteiger partial charge in [-0.05, 0) is 49.7 Å². The van der Waals surface area contributed by atoms with Gasteiger partial charge in [0.05, 0.1) is 11.3 Å². The number of carbonyl (C=O) groups excluding carboxylic acids is 1. The van der Waals surface area contributed by atoms with Crippen LogP contribution in [0, 0.1) is 19.7 Å². The summed E-state index contributed by atoms with van der Waals surface area (Å²) in [6.07, 6.45) is 2.34. The number of aromatic nitrogens is 2. The first kappa shape index (κ1) is 13.3. The number of halogens is 1. The number of rotatable bonds is 3. The maximum atomic E-state index is 13.2. The Labute approximate surface area is 120 Å². The Hall–Kier alpha value is -2.69. The molecular weight excluding hydrogens is 271 g/mol. The van der Waals surface area contributed by atoms with E-state index in [1.165, 1.54) is 12.1 Å². The lowest BCUT2D eigenvalue weighted by molar-refractivity contribution is 0.112. The molecule has 0 aliphatic rings. The van der Waals surface area contributed by atoms with E-state index in [9.17, 15) is 9.18 Å². The van der Waals surface area contributed by atoms with Gasteiger partial charge in [-0.1, -0.05) is 0 Å². The predicted molar refractivity (Wildman–Crippen MR) is 76.1 cm³/mol. The van der Waals surface area contributed by atoms with E-state index < -0.39 is 0 Å². The maximum Gasteiger partial charge on any atom is 0.155 e. The van der Waals surface area contributed by atoms with Gasteiger partial charge in [-0.3, -0.25) is 4.79 Å². The minimum Gasteiger partial charge on any atom is -0.460 e. The lowest BCUT2D eigenvalue weighted by Crippen LogP contribution is -1.98. The molecule has 0 aliphatic heterocycles. The van der Waals surface area contributed by atoms with Gasteiger partial charge in [-0.15, -0.1) is 0 Å². The van der Waals surface area contributed by atoms with Gasteiger partial charge in [0.2, 0.25) is 0 Å². The van der Waals surface area contributed by atoms with Crippen LogP contribution in [0.3, 0.4) is 0 Å². The smallest absolute Gasteiger partial charge is 0.155 e. The summed E-state index contributed by atoms with van der Waals surface area (Å²) in [5.41, 5.74) is 2.35. The van der Waals surface area contributed by atoms with Crippen LogP contribution in [0.4, 0.5) is 4.39 Å². The molecule has 0 saturated heterocycles. The Morgan fingerprint density at radius 1 is 1.24 bits per heavy atom. The van der Waals surface area contributed by atoms with E-state index in [2.05, 4.69) is 5.10 Å². The molecule has 0 saturated carbocycles. The molecule has 0 unspecified atom stereocenters. The summed E-state index contributed by atoms with van der Waals surface area (Å²) in [4.78, 5) is 11.2. The third-order valence-electron chi connectivity index (χ3n) is 3.25. The van der Waals surface area contributed by atoms with Crippen LogP contribution in [0.2, 0.25) is 0 Å². The minimum absolute atomic E-state index is 0.305. The Balaban J connectivity index is 2.13. The summed E-state index contributed by atoms with van der Waals surface area (Å²) in [6, 6.07) is 8.00. The molecule has 5 heteroatoms. The van der Waals surface area contributed by atoms with Crippen molar-refractivity contribution in [3.63, 3.8) is 0 Å². The highest BCUT2D eigenvalue weighted by Crippen LogP contribution is 2.25. The summed E-state index contributed by atoms with van der Waals surface area (Å²) >= 11 is 0. The number of hydrogen-bond acceptors (Lipinski definition) is 3. The minimum atomic E-state index is -0.305. The van der Waals surface area contributed by atoms with Gasteiger partial charge in [-0.2, -0.15) is 5.10 Å². The zero-order valence-electron chi connectivity index (χ0n) is 11.6. The lowest BCUT2D eigenvalue weighted by Gasteiger charge is -2.05. The molecule has 2 heterocycles. The van der Waals surface area contributed by atoms with E-state index in [1.54, 1.807) is 29.9 Å². The average Bonchev–Trinajstić information content (AvgIpc) is 3.04. The maximum absolute atomic E-state index is 13.2. The average molecular weight is 284 g/mol. The van der Waals surface area contributed by atoms with Gasteiger partial charge in [0.1, 0.15) is 17.3 Å². The number of nitrogens with zero attached hydrogens (tertiary/aromatic N) is 2. The molecule has 4 nitrogen and oxygen atoms in total. The Bertz CT molecular complexity index is 818. The third kappa shape index (κ3) is 2.38. The topological polar surface area (TPSA) is 48.0 Å². The number of benzene rings is 1. The van der Waals surface area contributed by atoms with Crippen molar-refractivity contribution in [1.29, 1.82) is 0 Å². The molecule has 0 N–H and O–H groups in total. The molecule has 106 valence electrons. The molecule has 0 fully saturated rings. The van der Waals surface area contributed by atoms with Crippen molar-refractivity contribution < 1.29 is 13.6 Å². The molecule has 0 aliphatic carbocycles. The van der Waals surface area contributed by atoms with E-state index in [1.807, 2.05) is 13.0 Å². The molecule has 2 aromatic heterocycles. The van der Waals surface area contributed by atoms with Crippen LogP contribution >= 0.6 is 0 Å². The highest BCUT2D eigenvalue weighted by atomic mass is 19.1. The van der Waals surface area contributed by atoms with Crippen LogP contribution in [0.15, 0.2) is 40.9 Å². The van der Waals surface area contributed by atoms with E-state index in [0.717, 1.165) is 17.6 Å². The van der Waals surface area contributed by atoms with Crippen LogP contribution in [0.25, 0.3) is 17.1 Å². The molecule has 1 aromatic carbocycles. The molecule has 21 heavy (non-hydrogen) atoms. The Kier molecular flexibility index (Phi) is 3.17. The van der Waals surface area contributed by atoms with Crippen LogP contribution in [0.1, 0.15) is 21.7 Å². The number of aldehydes is 1. The lowest BCUT2D eigenvalue weighted by atomic mass is 10.2. The summed E-state index contributed by atoms with van der Waals surface area (Å²) in [6.45, 7) is 3.61. The van der Waals surface area contributed by atoms with Crippen LogP contribution < -0.4 is 0 Å². The quantitative estimate of drug-likeness (QED) is 0.689. The normalized spacial score (nSPS) is 10.8. The SMILES string of the molecule is Cc1ccc(-c2nn(-c3ccc(F)cc3C)cc2C=O)o1. The van der Waals surface area contributed by atoms with E-state index in [4.69, 9.17) is 4.42 Å². The highest BCUT2D eigenvalue weighted by molar-refractivity contribution is 5.84. The van der Waals surface area contributed by atoms with Gasteiger partial charge < -0.3 is 4.42 Å². The first-order valence-electron chi connectivity index (χ1n) is 6.46. The third-order valence-corrected chi connectivity index (χ3v) is 3.25. The monoisotopic (exact) mass is 284 g/mol. The van der Waals surface area contributed by atoms with Crippen LogP contribution in [-0.2, 0) is 0 Å². The zero-order chi connectivity index (χ0) is 15.0. The van der Waals surface area contributed by atoms with Gasteiger partial charge in [-0.25, -0.2) is 9.07 Å². The molecule has 0 spiro atoms. The van der Waals surface area contributed by atoms with E-state index >= 15 is 0 Å². The second-order valence-electron chi connectivity index (χ2n) is 4.84. The van der Waals surface area contributed by atoms with Crippen molar-refractivity contribution in [1.82, 2.24) is 9.78 Å². The fourth-order valence-electron chi connectivity index (χ4n) is 2.23. The van der Waals surface area contributed by atoms with Gasteiger partial charge in [0.15, 0.2) is 12.0 Å². The standard InChI is InChI=1S/C16H13FN2O2/c1-10-7-13(17)4-5-14(10)19-8-12(9-20)16(18-19)15-6-3-11(2)21-15/h3-9H,1-2H3. The number of carbonyl (C=O) groups is 1. The number of hydrogen-bond donors (Lipinski definition) is 0. The summed E-state index contributed by atoms with van der Waals surface area (Å²) in [5.74, 6) is 0.975. The summed E-state index contributed by atoms with van der Waals surface area (Å²) in [7, 11) is 0. The molecule has 3 rings (SSSR count). The number of aryl methyl sites for hydroxylation is 2. The zero-order valence-corrected chi connectivity index (χ0v) is 11.6. The highest BCUT2D eigenvalue weighted by Gasteiger charge is 2.15. The largest absolute Gasteiger partial charge is 0.460 e. The van der Waals surface area contributed by atoms with E-state index in [0.29, 0.717) is 22.7 Å². The van der Waals surface area contributed by atoms with Crippen molar-refractivity contribution in [2.24, 2.45) is 0 Å². The second kappa shape index (κ2) is 5.01. The van der Waals surface area contributed by atoms with Crippen molar-refractivity contribution in [3.05, 3.63) is 59.2 Å². The van der Waals surface area contributed by atoms with Crippen LogP contribution in [-0.4, -0.2) is 16.1 Å². The predicted octanol–water partition coefficient (Wildman–Crippen LogP) is 3.70. The fourth-order valence-corrected chi connectivity index (χ4v) is 2.23.